The zero-order chi connectivity index (χ0) is 19.5. The van der Waals surface area contributed by atoms with E-state index in [0.717, 1.165) is 48.3 Å². The summed E-state index contributed by atoms with van der Waals surface area (Å²) < 4.78 is 16.5. The molecule has 0 heterocycles. The van der Waals surface area contributed by atoms with E-state index in [1.54, 1.807) is 21.3 Å². The number of hydrogen-bond donors (Lipinski definition) is 1. The molecular formula is C21H30IN3O3. The summed E-state index contributed by atoms with van der Waals surface area (Å²) in [7, 11) is 7.12. The van der Waals surface area contributed by atoms with Crippen molar-refractivity contribution in [2.24, 2.45) is 4.99 Å². The quantitative estimate of drug-likeness (QED) is 0.326. The third kappa shape index (κ3) is 7.46. The Kier molecular flexibility index (Phi) is 11.2. The van der Waals surface area contributed by atoms with E-state index in [4.69, 9.17) is 14.2 Å². The van der Waals surface area contributed by atoms with Crippen LogP contribution in [0.15, 0.2) is 53.5 Å². The highest BCUT2D eigenvalue weighted by atomic mass is 127. The number of guanidine groups is 1. The number of rotatable bonds is 9. The number of hydrogen-bond acceptors (Lipinski definition) is 4. The van der Waals surface area contributed by atoms with Crippen molar-refractivity contribution in [1.29, 1.82) is 0 Å². The lowest BCUT2D eigenvalue weighted by atomic mass is 10.1. The van der Waals surface area contributed by atoms with Gasteiger partial charge in [-0.05, 0) is 42.3 Å². The molecular weight excluding hydrogens is 469 g/mol. The van der Waals surface area contributed by atoms with E-state index in [2.05, 4.69) is 10.3 Å². The van der Waals surface area contributed by atoms with Crippen molar-refractivity contribution in [1.82, 2.24) is 10.2 Å². The minimum Gasteiger partial charge on any atom is -0.497 e. The van der Waals surface area contributed by atoms with Gasteiger partial charge in [0.05, 0.1) is 20.8 Å². The molecule has 0 aliphatic heterocycles. The number of methoxy groups -OCH3 is 2. The van der Waals surface area contributed by atoms with Crippen LogP contribution >= 0.6 is 24.0 Å². The van der Waals surface area contributed by atoms with Gasteiger partial charge in [-0.15, -0.1) is 24.0 Å². The molecule has 2 rings (SSSR count). The molecule has 154 valence electrons. The molecule has 2 aromatic rings. The van der Waals surface area contributed by atoms with Crippen molar-refractivity contribution in [2.75, 3.05) is 48.0 Å². The van der Waals surface area contributed by atoms with E-state index in [1.165, 1.54) is 0 Å². The molecule has 6 nitrogen and oxygen atoms in total. The van der Waals surface area contributed by atoms with Crippen LogP contribution in [0, 0.1) is 0 Å². The maximum Gasteiger partial charge on any atom is 0.193 e. The lowest BCUT2D eigenvalue weighted by Crippen LogP contribution is -2.41. The summed E-state index contributed by atoms with van der Waals surface area (Å²) in [6.45, 7) is 2.06. The maximum atomic E-state index is 5.75. The fourth-order valence-corrected chi connectivity index (χ4v) is 2.69. The molecule has 0 bridgehead atoms. The predicted molar refractivity (Wildman–Crippen MR) is 125 cm³/mol. The topological polar surface area (TPSA) is 55.3 Å². The standard InChI is InChI=1S/C21H29N3O3.HI/c1-22-21(24(2)14-15-27-18-8-6-5-7-9-18)23-13-12-17-16-19(25-3)10-11-20(17)26-4;/h5-11,16H,12-15H2,1-4H3,(H,22,23);1H. The van der Waals surface area contributed by atoms with Crippen LogP contribution in [0.1, 0.15) is 5.56 Å². The van der Waals surface area contributed by atoms with E-state index >= 15 is 0 Å². The molecule has 0 amide bonds. The summed E-state index contributed by atoms with van der Waals surface area (Å²) in [4.78, 5) is 6.39. The van der Waals surface area contributed by atoms with Gasteiger partial charge >= 0.3 is 0 Å². The highest BCUT2D eigenvalue weighted by Crippen LogP contribution is 2.24. The molecule has 7 heteroatoms. The Morgan fingerprint density at radius 1 is 1.04 bits per heavy atom. The van der Waals surface area contributed by atoms with E-state index in [9.17, 15) is 0 Å². The van der Waals surface area contributed by atoms with Crippen molar-refractivity contribution in [3.63, 3.8) is 0 Å². The van der Waals surface area contributed by atoms with Crippen molar-refractivity contribution in [3.8, 4) is 17.2 Å². The SMILES string of the molecule is CN=C(NCCc1cc(OC)ccc1OC)N(C)CCOc1ccccc1.I. The van der Waals surface area contributed by atoms with Gasteiger partial charge in [0.15, 0.2) is 5.96 Å². The second kappa shape index (κ2) is 13.1. The summed E-state index contributed by atoms with van der Waals surface area (Å²) in [5.41, 5.74) is 1.09. The number of ether oxygens (including phenoxy) is 3. The molecule has 0 aliphatic rings. The average molecular weight is 499 g/mol. The van der Waals surface area contributed by atoms with Crippen LogP contribution < -0.4 is 19.5 Å². The highest BCUT2D eigenvalue weighted by molar-refractivity contribution is 14.0. The molecule has 0 aromatic heterocycles. The Morgan fingerprint density at radius 2 is 1.79 bits per heavy atom. The summed E-state index contributed by atoms with van der Waals surface area (Å²) in [5.74, 6) is 3.38. The van der Waals surface area contributed by atoms with Crippen molar-refractivity contribution in [3.05, 3.63) is 54.1 Å². The Hall–Kier alpha value is -2.16. The van der Waals surface area contributed by atoms with E-state index < -0.39 is 0 Å². The third-order valence-electron chi connectivity index (χ3n) is 4.18. The normalized spacial score (nSPS) is 10.6. The fraction of sp³-hybridized carbons (Fsp3) is 0.381. The first-order chi connectivity index (χ1) is 13.2. The van der Waals surface area contributed by atoms with Gasteiger partial charge in [-0.1, -0.05) is 18.2 Å². The number of nitrogens with zero attached hydrogens (tertiary/aromatic N) is 2. The molecule has 28 heavy (non-hydrogen) atoms. The molecule has 0 saturated heterocycles. The van der Waals surface area contributed by atoms with Gasteiger partial charge in [-0.3, -0.25) is 4.99 Å². The molecule has 0 unspecified atom stereocenters. The van der Waals surface area contributed by atoms with E-state index in [1.807, 2.05) is 60.5 Å². The van der Waals surface area contributed by atoms with Crippen LogP contribution in [0.25, 0.3) is 0 Å². The second-order valence-electron chi connectivity index (χ2n) is 5.98. The van der Waals surface area contributed by atoms with Crippen LogP contribution in [0.5, 0.6) is 17.2 Å². The number of aliphatic imine (C=N–C) groups is 1. The largest absolute Gasteiger partial charge is 0.497 e. The zero-order valence-electron chi connectivity index (χ0n) is 17.0. The Morgan fingerprint density at radius 3 is 2.43 bits per heavy atom. The van der Waals surface area contributed by atoms with Gasteiger partial charge in [0.2, 0.25) is 0 Å². The molecule has 0 radical (unpaired) electrons. The van der Waals surface area contributed by atoms with Crippen molar-refractivity contribution >= 4 is 29.9 Å². The minimum atomic E-state index is 0. The molecule has 0 saturated carbocycles. The Labute approximate surface area is 184 Å². The predicted octanol–water partition coefficient (Wildman–Crippen LogP) is 3.45. The monoisotopic (exact) mass is 499 g/mol. The Balaban J connectivity index is 0.00000392. The molecule has 1 N–H and O–H groups in total. The van der Waals surface area contributed by atoms with Gasteiger partial charge in [0.25, 0.3) is 0 Å². The first-order valence-electron chi connectivity index (χ1n) is 8.98. The van der Waals surface area contributed by atoms with Gasteiger partial charge in [-0.2, -0.15) is 0 Å². The van der Waals surface area contributed by atoms with Gasteiger partial charge in [0, 0.05) is 20.6 Å². The molecule has 0 atom stereocenters. The molecule has 2 aromatic carbocycles. The average Bonchev–Trinajstić information content (AvgIpc) is 2.71. The van der Waals surface area contributed by atoms with Gasteiger partial charge in [-0.25, -0.2) is 0 Å². The minimum absolute atomic E-state index is 0. The van der Waals surface area contributed by atoms with Crippen molar-refractivity contribution in [2.45, 2.75) is 6.42 Å². The van der Waals surface area contributed by atoms with E-state index in [0.29, 0.717) is 6.61 Å². The first kappa shape index (κ1) is 23.9. The first-order valence-corrected chi connectivity index (χ1v) is 8.98. The van der Waals surface area contributed by atoms with Crippen LogP contribution in [-0.2, 0) is 6.42 Å². The van der Waals surface area contributed by atoms with Gasteiger partial charge in [0.1, 0.15) is 23.9 Å². The van der Waals surface area contributed by atoms with Gasteiger partial charge < -0.3 is 24.4 Å². The summed E-state index contributed by atoms with van der Waals surface area (Å²) in [6.07, 6.45) is 0.799. The maximum absolute atomic E-state index is 5.75. The van der Waals surface area contributed by atoms with Crippen LogP contribution in [-0.4, -0.2) is 58.9 Å². The summed E-state index contributed by atoms with van der Waals surface area (Å²) in [5, 5.41) is 3.38. The highest BCUT2D eigenvalue weighted by Gasteiger charge is 2.08. The van der Waals surface area contributed by atoms with E-state index in [-0.39, 0.29) is 24.0 Å². The number of benzene rings is 2. The molecule has 0 spiro atoms. The summed E-state index contributed by atoms with van der Waals surface area (Å²) >= 11 is 0. The number of para-hydroxylation sites is 1. The zero-order valence-corrected chi connectivity index (χ0v) is 19.3. The lowest BCUT2D eigenvalue weighted by Gasteiger charge is -2.22. The lowest BCUT2D eigenvalue weighted by molar-refractivity contribution is 0.281. The second-order valence-corrected chi connectivity index (χ2v) is 5.98. The van der Waals surface area contributed by atoms with Crippen LogP contribution in [0.3, 0.4) is 0 Å². The van der Waals surface area contributed by atoms with Crippen molar-refractivity contribution < 1.29 is 14.2 Å². The smallest absolute Gasteiger partial charge is 0.193 e. The van der Waals surface area contributed by atoms with Crippen LogP contribution in [0.2, 0.25) is 0 Å². The number of nitrogens with one attached hydrogen (secondary N) is 1. The van der Waals surface area contributed by atoms with Crippen LogP contribution in [0.4, 0.5) is 0 Å². The third-order valence-corrected chi connectivity index (χ3v) is 4.18. The Bertz CT molecular complexity index is 726. The number of likely N-dealkylation sites (N-methyl/N-ethyl adjacent to an activating group) is 1. The molecule has 0 aliphatic carbocycles. The number of halogens is 1. The fourth-order valence-electron chi connectivity index (χ4n) is 2.69. The summed E-state index contributed by atoms with van der Waals surface area (Å²) in [6, 6.07) is 15.6. The molecule has 0 fully saturated rings.